The lowest BCUT2D eigenvalue weighted by Gasteiger charge is -2.04. The molecule has 0 amide bonds. The summed E-state index contributed by atoms with van der Waals surface area (Å²) in [6.45, 7) is 8.66. The van der Waals surface area contributed by atoms with Gasteiger partial charge in [0.25, 0.3) is 0 Å². The first-order valence-electron chi connectivity index (χ1n) is 5.88. The summed E-state index contributed by atoms with van der Waals surface area (Å²) in [4.78, 5) is 0. The number of aryl methyl sites for hydroxylation is 2. The summed E-state index contributed by atoms with van der Waals surface area (Å²) in [5, 5.41) is 1.54. The predicted octanol–water partition coefficient (Wildman–Crippen LogP) is 2.50. The van der Waals surface area contributed by atoms with Gasteiger partial charge in [-0.15, -0.1) is 0 Å². The van der Waals surface area contributed by atoms with E-state index in [0.717, 1.165) is 6.42 Å². The molecule has 0 radical (unpaired) electrons. The van der Waals surface area contributed by atoms with Gasteiger partial charge in [-0.05, 0) is 45.2 Å². The Morgan fingerprint density at radius 1 is 1.06 bits per heavy atom. The maximum atomic E-state index is 2.29. The van der Waals surface area contributed by atoms with E-state index in [1.807, 2.05) is 0 Å². The van der Waals surface area contributed by atoms with E-state index in [-0.39, 0.29) is 0 Å². The second kappa shape index (κ2) is 5.85. The normalized spacial score (nSPS) is 13.4. The molecule has 0 heterocycles. The average Bonchev–Trinajstić information content (AvgIpc) is 2.66. The van der Waals surface area contributed by atoms with Crippen molar-refractivity contribution in [2.75, 3.05) is 0 Å². The fourth-order valence-corrected chi connectivity index (χ4v) is 2.68. The maximum absolute atomic E-state index is 2.29. The minimum atomic E-state index is 1.14. The van der Waals surface area contributed by atoms with Gasteiger partial charge in [-0.1, -0.05) is 46.7 Å². The summed E-state index contributed by atoms with van der Waals surface area (Å²) >= 11 is 0. The molecule has 0 nitrogen and oxygen atoms in total. The highest BCUT2D eigenvalue weighted by atomic mass is 28.1. The molecule has 1 aliphatic rings. The summed E-state index contributed by atoms with van der Waals surface area (Å²) in [5.74, 6) is 0. The van der Waals surface area contributed by atoms with Crippen LogP contribution >= 0.6 is 0 Å². The van der Waals surface area contributed by atoms with Crippen molar-refractivity contribution in [1.82, 2.24) is 0 Å². The molecular weight excluding hydrogens is 208 g/mol. The Morgan fingerprint density at radius 2 is 1.75 bits per heavy atom. The minimum absolute atomic E-state index is 1.14. The second-order valence-electron chi connectivity index (χ2n) is 4.61. The molecule has 0 saturated carbocycles. The van der Waals surface area contributed by atoms with E-state index in [9.17, 15) is 0 Å². The highest BCUT2D eigenvalue weighted by Gasteiger charge is 1.95. The van der Waals surface area contributed by atoms with Crippen LogP contribution in [0.4, 0.5) is 0 Å². The first kappa shape index (κ1) is 13.0. The van der Waals surface area contributed by atoms with Gasteiger partial charge in [0.15, 0.2) is 0 Å². The van der Waals surface area contributed by atoms with Crippen LogP contribution in [0.3, 0.4) is 0 Å². The van der Waals surface area contributed by atoms with E-state index in [1.54, 1.807) is 0 Å². The quantitative estimate of drug-likeness (QED) is 0.601. The van der Waals surface area contributed by atoms with Crippen LogP contribution < -0.4 is 5.19 Å². The average molecular weight is 230 g/mol. The first-order valence-corrected chi connectivity index (χ1v) is 6.88. The van der Waals surface area contributed by atoms with E-state index in [4.69, 9.17) is 0 Å². The molecular formula is C15H22Si. The van der Waals surface area contributed by atoms with Crippen LogP contribution in [0, 0.1) is 20.8 Å². The van der Waals surface area contributed by atoms with Crippen LogP contribution in [0.25, 0.3) is 0 Å². The molecule has 0 saturated heterocycles. The molecule has 1 aliphatic carbocycles. The van der Waals surface area contributed by atoms with Crippen LogP contribution in [0.1, 0.15) is 30.0 Å². The van der Waals surface area contributed by atoms with E-state index in [1.165, 1.54) is 37.7 Å². The van der Waals surface area contributed by atoms with Gasteiger partial charge in [-0.3, -0.25) is 0 Å². The smallest absolute Gasteiger partial charge is 0.0388 e. The summed E-state index contributed by atoms with van der Waals surface area (Å²) < 4.78 is 0. The standard InChI is InChI=1S/C9H14Si.C6H8/c1-6-4-7(2)8(3)9(10)5-6;1-6-4-2-3-5-6/h4-5H,1-3,10H3;2,4-5H,3H2,1H3. The third-order valence-corrected chi connectivity index (χ3v) is 4.07. The highest BCUT2D eigenvalue weighted by molar-refractivity contribution is 6.33. The van der Waals surface area contributed by atoms with Gasteiger partial charge >= 0.3 is 0 Å². The van der Waals surface area contributed by atoms with Crippen molar-refractivity contribution in [3.05, 3.63) is 52.6 Å². The van der Waals surface area contributed by atoms with E-state index in [0.29, 0.717) is 0 Å². The van der Waals surface area contributed by atoms with Gasteiger partial charge in [-0.2, -0.15) is 0 Å². The van der Waals surface area contributed by atoms with Crippen molar-refractivity contribution in [3.63, 3.8) is 0 Å². The predicted molar refractivity (Wildman–Crippen MR) is 77.7 cm³/mol. The Morgan fingerprint density at radius 3 is 2.12 bits per heavy atom. The zero-order valence-electron chi connectivity index (χ0n) is 11.1. The molecule has 0 aromatic heterocycles. The molecule has 0 bridgehead atoms. The lowest BCUT2D eigenvalue weighted by Crippen LogP contribution is -2.08. The van der Waals surface area contributed by atoms with E-state index >= 15 is 0 Å². The second-order valence-corrected chi connectivity index (χ2v) is 5.69. The first-order chi connectivity index (χ1) is 7.50. The number of hydrogen-bond donors (Lipinski definition) is 0. The summed E-state index contributed by atoms with van der Waals surface area (Å²) in [7, 11) is 1.17. The lowest BCUT2D eigenvalue weighted by atomic mass is 10.1. The van der Waals surface area contributed by atoms with Crippen molar-refractivity contribution in [3.8, 4) is 0 Å². The monoisotopic (exact) mass is 230 g/mol. The molecule has 0 spiro atoms. The molecule has 1 aromatic rings. The fourth-order valence-electron chi connectivity index (χ4n) is 1.83. The van der Waals surface area contributed by atoms with Gasteiger partial charge in [0, 0.05) is 10.2 Å². The summed E-state index contributed by atoms with van der Waals surface area (Å²) in [6, 6.07) is 4.53. The van der Waals surface area contributed by atoms with Gasteiger partial charge in [0.1, 0.15) is 0 Å². The number of rotatable bonds is 0. The minimum Gasteiger partial charge on any atom is -0.0805 e. The van der Waals surface area contributed by atoms with Gasteiger partial charge in [0.05, 0.1) is 0 Å². The Hall–Kier alpha value is -1.08. The zero-order valence-corrected chi connectivity index (χ0v) is 13.1. The van der Waals surface area contributed by atoms with Crippen LogP contribution in [0.15, 0.2) is 35.9 Å². The Labute approximate surface area is 103 Å². The van der Waals surface area contributed by atoms with Gasteiger partial charge in [-0.25, -0.2) is 0 Å². The summed E-state index contributed by atoms with van der Waals surface area (Å²) in [6.07, 6.45) is 7.65. The van der Waals surface area contributed by atoms with Crippen LogP contribution in [-0.4, -0.2) is 10.2 Å². The molecule has 86 valence electrons. The highest BCUT2D eigenvalue weighted by Crippen LogP contribution is 2.05. The van der Waals surface area contributed by atoms with E-state index in [2.05, 4.69) is 58.1 Å². The molecule has 2 rings (SSSR count). The van der Waals surface area contributed by atoms with Crippen molar-refractivity contribution >= 4 is 15.4 Å². The Bertz CT molecular complexity index is 399. The van der Waals surface area contributed by atoms with Crippen molar-refractivity contribution in [2.24, 2.45) is 0 Å². The SMILES string of the molecule is CC1=CCC=C1.Cc1cc(C)c(C)c([SiH3])c1. The topological polar surface area (TPSA) is 0 Å². The Kier molecular flexibility index (Phi) is 4.75. The van der Waals surface area contributed by atoms with Crippen molar-refractivity contribution in [2.45, 2.75) is 34.1 Å². The number of hydrogen-bond acceptors (Lipinski definition) is 0. The molecule has 0 unspecified atom stereocenters. The fraction of sp³-hybridized carbons (Fsp3) is 0.333. The molecule has 1 aromatic carbocycles. The number of allylic oxidation sites excluding steroid dienone is 4. The molecule has 0 fully saturated rings. The van der Waals surface area contributed by atoms with Crippen molar-refractivity contribution in [1.29, 1.82) is 0 Å². The molecule has 1 heteroatoms. The van der Waals surface area contributed by atoms with Crippen molar-refractivity contribution < 1.29 is 0 Å². The third-order valence-electron chi connectivity index (χ3n) is 3.03. The molecule has 0 atom stereocenters. The largest absolute Gasteiger partial charge is 0.0805 e. The van der Waals surface area contributed by atoms with Crippen LogP contribution in [0.2, 0.25) is 0 Å². The lowest BCUT2D eigenvalue weighted by molar-refractivity contribution is 1.32. The van der Waals surface area contributed by atoms with Gasteiger partial charge < -0.3 is 0 Å². The zero-order chi connectivity index (χ0) is 12.1. The molecule has 16 heavy (non-hydrogen) atoms. The number of benzene rings is 1. The molecule has 0 N–H and O–H groups in total. The third kappa shape index (κ3) is 3.82. The summed E-state index contributed by atoms with van der Waals surface area (Å²) in [5.41, 5.74) is 5.71. The van der Waals surface area contributed by atoms with E-state index < -0.39 is 0 Å². The van der Waals surface area contributed by atoms with Crippen LogP contribution in [0.5, 0.6) is 0 Å². The maximum Gasteiger partial charge on any atom is 0.0388 e. The Balaban J connectivity index is 0.000000181. The van der Waals surface area contributed by atoms with Gasteiger partial charge in [0.2, 0.25) is 0 Å². The van der Waals surface area contributed by atoms with Crippen LogP contribution in [-0.2, 0) is 0 Å². The molecule has 0 aliphatic heterocycles.